The van der Waals surface area contributed by atoms with Crippen molar-refractivity contribution in [2.24, 2.45) is 0 Å². The van der Waals surface area contributed by atoms with E-state index in [1.54, 1.807) is 12.1 Å². The monoisotopic (exact) mass is 207 g/mol. The first-order chi connectivity index (χ1) is 7.19. The Balaban J connectivity index is 2.88. The van der Waals surface area contributed by atoms with Crippen molar-refractivity contribution < 1.29 is 9.90 Å². The van der Waals surface area contributed by atoms with E-state index in [0.717, 1.165) is 12.8 Å². The Kier molecular flexibility index (Phi) is 4.16. The number of carboxylic acids is 1. The summed E-state index contributed by atoms with van der Waals surface area (Å²) < 4.78 is 0. The van der Waals surface area contributed by atoms with E-state index in [-0.39, 0.29) is 0 Å². The molecule has 2 N–H and O–H groups in total. The molecule has 0 bridgehead atoms. The molecule has 0 aliphatic carbocycles. The smallest absolute Gasteiger partial charge is 0.337 e. The van der Waals surface area contributed by atoms with Crippen LogP contribution < -0.4 is 5.32 Å². The van der Waals surface area contributed by atoms with Crippen molar-refractivity contribution in [1.82, 2.24) is 0 Å². The average molecular weight is 207 g/mol. The zero-order chi connectivity index (χ0) is 11.3. The standard InChI is InChI=1S/C12H17NO2/c1-3-9(4-2)13-11-8-6-5-7-10(11)12(14)15/h5-9,13H,3-4H2,1-2H3,(H,14,15). The fourth-order valence-electron chi connectivity index (χ4n) is 1.51. The quantitative estimate of drug-likeness (QED) is 0.780. The highest BCUT2D eigenvalue weighted by atomic mass is 16.4. The highest BCUT2D eigenvalue weighted by Gasteiger charge is 2.11. The minimum absolute atomic E-state index is 0.337. The Morgan fingerprint density at radius 1 is 1.33 bits per heavy atom. The fraction of sp³-hybridized carbons (Fsp3) is 0.417. The molecule has 0 amide bonds. The van der Waals surface area contributed by atoms with Crippen LogP contribution >= 0.6 is 0 Å². The van der Waals surface area contributed by atoms with E-state index in [9.17, 15) is 4.79 Å². The van der Waals surface area contributed by atoms with E-state index in [1.165, 1.54) is 0 Å². The van der Waals surface area contributed by atoms with Crippen LogP contribution in [0.1, 0.15) is 37.0 Å². The number of aromatic carboxylic acids is 1. The van der Waals surface area contributed by atoms with Gasteiger partial charge in [0.05, 0.1) is 5.56 Å². The molecular formula is C12H17NO2. The Bertz CT molecular complexity index is 332. The fourth-order valence-corrected chi connectivity index (χ4v) is 1.51. The number of anilines is 1. The molecule has 0 fully saturated rings. The summed E-state index contributed by atoms with van der Waals surface area (Å²) in [6.07, 6.45) is 1.98. The Morgan fingerprint density at radius 2 is 1.93 bits per heavy atom. The number of carboxylic acid groups (broad SMARTS) is 1. The topological polar surface area (TPSA) is 49.3 Å². The van der Waals surface area contributed by atoms with E-state index < -0.39 is 5.97 Å². The molecule has 82 valence electrons. The number of hydrogen-bond acceptors (Lipinski definition) is 2. The Hall–Kier alpha value is -1.51. The van der Waals surface area contributed by atoms with Crippen molar-refractivity contribution in [3.8, 4) is 0 Å². The summed E-state index contributed by atoms with van der Waals surface area (Å²) in [4.78, 5) is 10.9. The Labute approximate surface area is 90.1 Å². The third kappa shape index (κ3) is 2.98. The first-order valence-electron chi connectivity index (χ1n) is 5.27. The van der Waals surface area contributed by atoms with Gasteiger partial charge in [-0.25, -0.2) is 4.79 Å². The van der Waals surface area contributed by atoms with Crippen molar-refractivity contribution in [1.29, 1.82) is 0 Å². The molecule has 1 aromatic carbocycles. The molecule has 0 aliphatic rings. The first kappa shape index (κ1) is 11.6. The number of para-hydroxylation sites is 1. The van der Waals surface area contributed by atoms with E-state index in [2.05, 4.69) is 19.2 Å². The molecular weight excluding hydrogens is 190 g/mol. The average Bonchev–Trinajstić information content (AvgIpc) is 2.26. The molecule has 0 spiro atoms. The lowest BCUT2D eigenvalue weighted by Gasteiger charge is -2.17. The van der Waals surface area contributed by atoms with Crippen LogP contribution in [-0.4, -0.2) is 17.1 Å². The summed E-state index contributed by atoms with van der Waals surface area (Å²) in [5, 5.41) is 12.2. The maximum absolute atomic E-state index is 10.9. The van der Waals surface area contributed by atoms with Gasteiger partial charge in [-0.1, -0.05) is 26.0 Å². The third-order valence-electron chi connectivity index (χ3n) is 2.50. The van der Waals surface area contributed by atoms with Crippen molar-refractivity contribution >= 4 is 11.7 Å². The van der Waals surface area contributed by atoms with Crippen LogP contribution in [0.2, 0.25) is 0 Å². The lowest BCUT2D eigenvalue weighted by Crippen LogP contribution is -2.18. The third-order valence-corrected chi connectivity index (χ3v) is 2.50. The van der Waals surface area contributed by atoms with Gasteiger partial charge >= 0.3 is 5.97 Å². The van der Waals surface area contributed by atoms with Gasteiger partial charge < -0.3 is 10.4 Å². The second kappa shape index (κ2) is 5.39. The van der Waals surface area contributed by atoms with Crippen molar-refractivity contribution in [3.05, 3.63) is 29.8 Å². The number of carbonyl (C=O) groups is 1. The minimum atomic E-state index is -0.885. The van der Waals surface area contributed by atoms with Crippen molar-refractivity contribution in [2.75, 3.05) is 5.32 Å². The molecule has 15 heavy (non-hydrogen) atoms. The van der Waals surface area contributed by atoms with Gasteiger partial charge in [-0.15, -0.1) is 0 Å². The summed E-state index contributed by atoms with van der Waals surface area (Å²) in [7, 11) is 0. The molecule has 0 aromatic heterocycles. The second-order valence-electron chi connectivity index (χ2n) is 3.51. The maximum Gasteiger partial charge on any atom is 0.337 e. The van der Waals surface area contributed by atoms with Crippen LogP contribution in [0.4, 0.5) is 5.69 Å². The lowest BCUT2D eigenvalue weighted by atomic mass is 10.1. The summed E-state index contributed by atoms with van der Waals surface area (Å²) in [5.74, 6) is -0.885. The van der Waals surface area contributed by atoms with Gasteiger partial charge in [0.1, 0.15) is 0 Å². The maximum atomic E-state index is 10.9. The molecule has 0 heterocycles. The predicted octanol–water partition coefficient (Wildman–Crippen LogP) is 2.99. The van der Waals surface area contributed by atoms with Gasteiger partial charge in [0.15, 0.2) is 0 Å². The molecule has 0 aliphatic heterocycles. The van der Waals surface area contributed by atoms with Gasteiger partial charge in [0.25, 0.3) is 0 Å². The van der Waals surface area contributed by atoms with Crippen LogP contribution in [0.3, 0.4) is 0 Å². The zero-order valence-corrected chi connectivity index (χ0v) is 9.16. The first-order valence-corrected chi connectivity index (χ1v) is 5.27. The second-order valence-corrected chi connectivity index (χ2v) is 3.51. The highest BCUT2D eigenvalue weighted by Crippen LogP contribution is 2.17. The molecule has 3 heteroatoms. The van der Waals surface area contributed by atoms with E-state index >= 15 is 0 Å². The molecule has 0 atom stereocenters. The van der Waals surface area contributed by atoms with Crippen LogP contribution in [0.5, 0.6) is 0 Å². The molecule has 3 nitrogen and oxygen atoms in total. The summed E-state index contributed by atoms with van der Waals surface area (Å²) in [6.45, 7) is 4.18. The van der Waals surface area contributed by atoms with Gasteiger partial charge in [-0.05, 0) is 25.0 Å². The Morgan fingerprint density at radius 3 is 2.47 bits per heavy atom. The molecule has 1 rings (SSSR count). The van der Waals surface area contributed by atoms with Gasteiger partial charge in [0.2, 0.25) is 0 Å². The lowest BCUT2D eigenvalue weighted by molar-refractivity contribution is 0.0698. The van der Waals surface area contributed by atoms with E-state index in [0.29, 0.717) is 17.3 Å². The number of hydrogen-bond donors (Lipinski definition) is 2. The van der Waals surface area contributed by atoms with Gasteiger partial charge in [-0.2, -0.15) is 0 Å². The largest absolute Gasteiger partial charge is 0.478 e. The highest BCUT2D eigenvalue weighted by molar-refractivity contribution is 5.94. The molecule has 0 radical (unpaired) electrons. The molecule has 0 unspecified atom stereocenters. The zero-order valence-electron chi connectivity index (χ0n) is 9.16. The predicted molar refractivity (Wildman–Crippen MR) is 61.4 cm³/mol. The van der Waals surface area contributed by atoms with Crippen LogP contribution in [0, 0.1) is 0 Å². The van der Waals surface area contributed by atoms with Crippen LogP contribution in [0.25, 0.3) is 0 Å². The van der Waals surface area contributed by atoms with Crippen LogP contribution in [0.15, 0.2) is 24.3 Å². The number of benzene rings is 1. The summed E-state index contributed by atoms with van der Waals surface area (Å²) in [6, 6.07) is 7.35. The SMILES string of the molecule is CCC(CC)Nc1ccccc1C(=O)O. The van der Waals surface area contributed by atoms with Gasteiger partial charge in [0, 0.05) is 11.7 Å². The summed E-state index contributed by atoms with van der Waals surface area (Å²) in [5.41, 5.74) is 1.04. The summed E-state index contributed by atoms with van der Waals surface area (Å²) >= 11 is 0. The molecule has 0 saturated carbocycles. The number of nitrogens with one attached hydrogen (secondary N) is 1. The minimum Gasteiger partial charge on any atom is -0.478 e. The molecule has 1 aromatic rings. The van der Waals surface area contributed by atoms with E-state index in [4.69, 9.17) is 5.11 Å². The number of rotatable bonds is 5. The normalized spacial score (nSPS) is 10.3. The van der Waals surface area contributed by atoms with Gasteiger partial charge in [-0.3, -0.25) is 0 Å². The van der Waals surface area contributed by atoms with Crippen molar-refractivity contribution in [2.45, 2.75) is 32.7 Å². The van der Waals surface area contributed by atoms with Crippen molar-refractivity contribution in [3.63, 3.8) is 0 Å². The van der Waals surface area contributed by atoms with E-state index in [1.807, 2.05) is 12.1 Å². The molecule has 0 saturated heterocycles. The van der Waals surface area contributed by atoms with Crippen LogP contribution in [-0.2, 0) is 0 Å².